The predicted octanol–water partition coefficient (Wildman–Crippen LogP) is 2.54. The molecule has 17 atom stereocenters. The van der Waals surface area contributed by atoms with Gasteiger partial charge in [0, 0.05) is 18.4 Å². The Morgan fingerprint density at radius 3 is 2.43 bits per heavy atom. The normalized spacial score (nSPS) is 56.3. The zero-order valence-electron chi connectivity index (χ0n) is 26.1. The van der Waals surface area contributed by atoms with E-state index in [-0.39, 0.29) is 30.0 Å². The zero-order valence-corrected chi connectivity index (χ0v) is 26.1. The van der Waals surface area contributed by atoms with E-state index in [0.717, 1.165) is 24.2 Å². The number of nitrogens with two attached hydrogens (primary N) is 1. The van der Waals surface area contributed by atoms with Crippen molar-refractivity contribution in [2.75, 3.05) is 13.2 Å². The summed E-state index contributed by atoms with van der Waals surface area (Å²) in [5, 5.41) is 51.6. The van der Waals surface area contributed by atoms with E-state index in [1.165, 1.54) is 44.9 Å². The molecule has 0 amide bonds. The molecule has 9 heteroatoms. The first-order valence-corrected chi connectivity index (χ1v) is 16.9. The Morgan fingerprint density at radius 1 is 0.952 bits per heavy atom. The summed E-state index contributed by atoms with van der Waals surface area (Å²) in [6.45, 7) is 9.06. The van der Waals surface area contributed by atoms with E-state index in [1.54, 1.807) is 0 Å². The van der Waals surface area contributed by atoms with Gasteiger partial charge in [-0.2, -0.15) is 0 Å². The van der Waals surface area contributed by atoms with Gasteiger partial charge in [-0.3, -0.25) is 0 Å². The molecule has 7 N–H and O–H groups in total. The van der Waals surface area contributed by atoms with Crippen molar-refractivity contribution in [1.29, 1.82) is 0 Å². The SMILES string of the molecule is C[C@H](CC[C@@]1(O)O[C@H]2C[C@H]3[C@@H]4CC[C@H]5C[C@@H](N)CC[C@]5(C)[C@H]4CC[C@]3(C)[C@H]2[C@@H]1C)CO[C@@H]1O[C@H](CO)[C@@H](O)C(O)C1O. The van der Waals surface area contributed by atoms with Crippen LogP contribution in [-0.2, 0) is 14.2 Å². The Hall–Kier alpha value is -0.360. The number of ether oxygens (including phenoxy) is 3. The van der Waals surface area contributed by atoms with E-state index in [1.807, 2.05) is 6.92 Å². The van der Waals surface area contributed by atoms with Crippen LogP contribution in [-0.4, -0.2) is 87.4 Å². The van der Waals surface area contributed by atoms with E-state index >= 15 is 0 Å². The fraction of sp³-hybridized carbons (Fsp3) is 1.00. The summed E-state index contributed by atoms with van der Waals surface area (Å²) in [5.41, 5.74) is 7.03. The molecule has 2 unspecified atom stereocenters. The van der Waals surface area contributed by atoms with Gasteiger partial charge < -0.3 is 45.5 Å². The summed E-state index contributed by atoms with van der Waals surface area (Å²) >= 11 is 0. The third-order valence-electron chi connectivity index (χ3n) is 13.8. The van der Waals surface area contributed by atoms with Crippen LogP contribution in [0.1, 0.15) is 91.9 Å². The van der Waals surface area contributed by atoms with E-state index in [0.29, 0.717) is 36.1 Å². The first-order valence-electron chi connectivity index (χ1n) is 16.9. The maximum Gasteiger partial charge on any atom is 0.186 e. The lowest BCUT2D eigenvalue weighted by molar-refractivity contribution is -0.303. The highest BCUT2D eigenvalue weighted by Gasteiger charge is 2.68. The topological polar surface area (TPSA) is 155 Å². The molecule has 0 spiro atoms. The van der Waals surface area contributed by atoms with Crippen LogP contribution < -0.4 is 5.73 Å². The number of hydrogen-bond donors (Lipinski definition) is 6. The summed E-state index contributed by atoms with van der Waals surface area (Å²) in [7, 11) is 0. The Bertz CT molecular complexity index is 968. The number of aliphatic hydroxyl groups excluding tert-OH is 4. The smallest absolute Gasteiger partial charge is 0.186 e. The number of aliphatic hydroxyl groups is 5. The van der Waals surface area contributed by atoms with Gasteiger partial charge in [0.25, 0.3) is 0 Å². The molecular formula is C33H57NO8. The average Bonchev–Trinajstić information content (AvgIpc) is 3.39. The summed E-state index contributed by atoms with van der Waals surface area (Å²) in [5.74, 6) is 2.27. The number of rotatable bonds is 7. The Morgan fingerprint density at radius 2 is 1.69 bits per heavy atom. The Labute approximate surface area is 251 Å². The third-order valence-corrected chi connectivity index (χ3v) is 13.8. The monoisotopic (exact) mass is 595 g/mol. The number of fused-ring (bicyclic) bond motifs is 7. The maximum absolute atomic E-state index is 11.8. The molecule has 2 heterocycles. The highest BCUT2D eigenvalue weighted by Crippen LogP contribution is 2.70. The second-order valence-electron chi connectivity index (χ2n) is 16.0. The van der Waals surface area contributed by atoms with Crippen molar-refractivity contribution in [2.24, 2.45) is 58.0 Å². The molecule has 0 radical (unpaired) electrons. The number of hydrogen-bond acceptors (Lipinski definition) is 9. The lowest BCUT2D eigenvalue weighted by Gasteiger charge is -2.61. The maximum atomic E-state index is 11.8. The summed E-state index contributed by atoms with van der Waals surface area (Å²) in [6.07, 6.45) is 4.75. The molecule has 0 aromatic carbocycles. The van der Waals surface area contributed by atoms with Gasteiger partial charge >= 0.3 is 0 Å². The van der Waals surface area contributed by atoms with Crippen molar-refractivity contribution in [1.82, 2.24) is 0 Å². The molecule has 6 fully saturated rings. The first-order chi connectivity index (χ1) is 19.8. The molecule has 0 aromatic heterocycles. The minimum absolute atomic E-state index is 0.0379. The third kappa shape index (κ3) is 5.01. The minimum atomic E-state index is -1.46. The summed E-state index contributed by atoms with van der Waals surface area (Å²) < 4.78 is 17.9. The molecule has 9 nitrogen and oxygen atoms in total. The fourth-order valence-electron chi connectivity index (χ4n) is 11.3. The second-order valence-corrected chi connectivity index (χ2v) is 16.0. The van der Waals surface area contributed by atoms with Crippen LogP contribution in [0.5, 0.6) is 0 Å². The van der Waals surface area contributed by atoms with E-state index < -0.39 is 43.1 Å². The van der Waals surface area contributed by atoms with Crippen molar-refractivity contribution in [2.45, 2.75) is 141 Å². The molecule has 4 saturated carbocycles. The molecule has 42 heavy (non-hydrogen) atoms. The standard InChI is InChI=1S/C33H57NO8/c1-17(16-40-30-29(38)28(37)27(36)25(15-35)41-30)7-12-33(39)18(2)26-24(42-33)14-23-21-6-5-19-13-20(34)8-10-31(19,3)22(21)9-11-32(23,26)4/h17-30,35-39H,5-16,34H2,1-4H3/t17-,18+,19+,20+,21-,22+,23+,24+,25-,26+,27-,28?,29?,30-,31+,32+,33-/m1/s1. The van der Waals surface area contributed by atoms with Crippen LogP contribution in [0, 0.1) is 52.3 Å². The molecule has 2 aliphatic heterocycles. The summed E-state index contributed by atoms with van der Waals surface area (Å²) in [4.78, 5) is 0. The van der Waals surface area contributed by atoms with Crippen molar-refractivity contribution in [3.63, 3.8) is 0 Å². The fourth-order valence-corrected chi connectivity index (χ4v) is 11.3. The largest absolute Gasteiger partial charge is 0.394 e. The van der Waals surface area contributed by atoms with Crippen LogP contribution in [0.15, 0.2) is 0 Å². The molecule has 2 saturated heterocycles. The van der Waals surface area contributed by atoms with Gasteiger partial charge in [0.2, 0.25) is 0 Å². The van der Waals surface area contributed by atoms with E-state index in [9.17, 15) is 25.5 Å². The van der Waals surface area contributed by atoms with Crippen LogP contribution in [0.2, 0.25) is 0 Å². The average molecular weight is 596 g/mol. The van der Waals surface area contributed by atoms with Crippen LogP contribution in [0.25, 0.3) is 0 Å². The molecule has 0 bridgehead atoms. The van der Waals surface area contributed by atoms with E-state index in [2.05, 4.69) is 20.8 Å². The zero-order chi connectivity index (χ0) is 30.2. The van der Waals surface area contributed by atoms with Gasteiger partial charge in [0.05, 0.1) is 19.3 Å². The predicted molar refractivity (Wildman–Crippen MR) is 156 cm³/mol. The van der Waals surface area contributed by atoms with Crippen LogP contribution >= 0.6 is 0 Å². The van der Waals surface area contributed by atoms with Gasteiger partial charge in [0.15, 0.2) is 12.1 Å². The van der Waals surface area contributed by atoms with Crippen molar-refractivity contribution in [3.8, 4) is 0 Å². The van der Waals surface area contributed by atoms with Crippen molar-refractivity contribution in [3.05, 3.63) is 0 Å². The first kappa shape index (κ1) is 31.6. The highest BCUT2D eigenvalue weighted by molar-refractivity contribution is 5.15. The van der Waals surface area contributed by atoms with Gasteiger partial charge in [-0.15, -0.1) is 0 Å². The quantitative estimate of drug-likeness (QED) is 0.261. The van der Waals surface area contributed by atoms with Crippen molar-refractivity contribution >= 4 is 0 Å². The highest BCUT2D eigenvalue weighted by atomic mass is 16.7. The lowest BCUT2D eigenvalue weighted by atomic mass is 9.44. The molecule has 0 aromatic rings. The Balaban J connectivity index is 1.05. The molecule has 4 aliphatic carbocycles. The lowest BCUT2D eigenvalue weighted by Crippen LogP contribution is -2.59. The molecular weight excluding hydrogens is 538 g/mol. The van der Waals surface area contributed by atoms with Gasteiger partial charge in [-0.05, 0) is 104 Å². The van der Waals surface area contributed by atoms with Crippen LogP contribution in [0.3, 0.4) is 0 Å². The van der Waals surface area contributed by atoms with E-state index in [4.69, 9.17) is 19.9 Å². The van der Waals surface area contributed by atoms with Gasteiger partial charge in [0.1, 0.15) is 24.4 Å². The second kappa shape index (κ2) is 11.5. The minimum Gasteiger partial charge on any atom is -0.394 e. The summed E-state index contributed by atoms with van der Waals surface area (Å²) in [6, 6.07) is 0.383. The molecule has 6 rings (SSSR count). The molecule has 6 aliphatic rings. The Kier molecular flexibility index (Phi) is 8.63. The van der Waals surface area contributed by atoms with Crippen LogP contribution in [0.4, 0.5) is 0 Å². The van der Waals surface area contributed by atoms with Gasteiger partial charge in [-0.1, -0.05) is 27.7 Å². The van der Waals surface area contributed by atoms with Crippen molar-refractivity contribution < 1.29 is 39.7 Å². The van der Waals surface area contributed by atoms with Gasteiger partial charge in [-0.25, -0.2) is 0 Å². The molecule has 242 valence electrons.